The summed E-state index contributed by atoms with van der Waals surface area (Å²) in [6, 6.07) is 21.8. The van der Waals surface area contributed by atoms with Gasteiger partial charge in [-0.05, 0) is 35.9 Å². The number of ether oxygens (including phenoxy) is 1. The predicted octanol–water partition coefficient (Wildman–Crippen LogP) is 4.97. The molecule has 3 aromatic rings. The highest BCUT2D eigenvalue weighted by Crippen LogP contribution is 2.43. The van der Waals surface area contributed by atoms with Crippen LogP contribution in [0.15, 0.2) is 84.4 Å². The van der Waals surface area contributed by atoms with Gasteiger partial charge in [-0.25, -0.2) is 0 Å². The van der Waals surface area contributed by atoms with Crippen LogP contribution in [0.1, 0.15) is 17.2 Å². The molecule has 1 heterocycles. The second-order valence-corrected chi connectivity index (χ2v) is 7.20. The van der Waals surface area contributed by atoms with Crippen molar-refractivity contribution in [1.82, 2.24) is 0 Å². The van der Waals surface area contributed by atoms with Crippen molar-refractivity contribution < 1.29 is 19.4 Å². The topological polar surface area (TPSA) is 66.8 Å². The Bertz CT molecular complexity index is 1160. The normalized spacial score (nSPS) is 17.9. The van der Waals surface area contributed by atoms with E-state index in [4.69, 9.17) is 16.3 Å². The summed E-state index contributed by atoms with van der Waals surface area (Å²) in [5.74, 6) is -1.39. The molecule has 1 aliphatic rings. The number of ketones is 1. The van der Waals surface area contributed by atoms with Crippen molar-refractivity contribution in [2.45, 2.75) is 6.04 Å². The molecule has 30 heavy (non-hydrogen) atoms. The van der Waals surface area contributed by atoms with Crippen LogP contribution in [0.3, 0.4) is 0 Å². The van der Waals surface area contributed by atoms with Crippen LogP contribution in [0.4, 0.5) is 5.69 Å². The fourth-order valence-electron chi connectivity index (χ4n) is 3.66. The minimum absolute atomic E-state index is 0.00400. The molecule has 0 aliphatic carbocycles. The Morgan fingerprint density at radius 2 is 1.67 bits per heavy atom. The molecule has 150 valence electrons. The van der Waals surface area contributed by atoms with E-state index in [1.807, 2.05) is 30.3 Å². The van der Waals surface area contributed by atoms with E-state index >= 15 is 0 Å². The number of rotatable bonds is 4. The van der Waals surface area contributed by atoms with E-state index in [9.17, 15) is 14.7 Å². The maximum absolute atomic E-state index is 13.1. The van der Waals surface area contributed by atoms with Gasteiger partial charge in [0.05, 0.1) is 24.3 Å². The van der Waals surface area contributed by atoms with Crippen molar-refractivity contribution in [3.8, 4) is 5.75 Å². The van der Waals surface area contributed by atoms with Crippen LogP contribution in [0.5, 0.6) is 5.75 Å². The van der Waals surface area contributed by atoms with Crippen LogP contribution in [0.2, 0.25) is 5.02 Å². The lowest BCUT2D eigenvalue weighted by atomic mass is 9.95. The van der Waals surface area contributed by atoms with Crippen LogP contribution in [-0.2, 0) is 9.59 Å². The average molecular weight is 420 g/mol. The molecule has 4 rings (SSSR count). The molecular weight excluding hydrogens is 402 g/mol. The highest BCUT2D eigenvalue weighted by atomic mass is 35.5. The molecule has 0 saturated carbocycles. The minimum atomic E-state index is -0.811. The van der Waals surface area contributed by atoms with Crippen LogP contribution in [-0.4, -0.2) is 23.9 Å². The first-order valence-electron chi connectivity index (χ1n) is 9.28. The molecule has 1 amide bonds. The fourth-order valence-corrected chi connectivity index (χ4v) is 3.85. The molecule has 1 saturated heterocycles. The van der Waals surface area contributed by atoms with Crippen molar-refractivity contribution in [3.63, 3.8) is 0 Å². The van der Waals surface area contributed by atoms with Gasteiger partial charge in [-0.2, -0.15) is 0 Å². The van der Waals surface area contributed by atoms with Crippen LogP contribution < -0.4 is 9.64 Å². The molecule has 1 atom stereocenters. The third-order valence-electron chi connectivity index (χ3n) is 5.01. The lowest BCUT2D eigenvalue weighted by Gasteiger charge is -2.25. The van der Waals surface area contributed by atoms with Gasteiger partial charge in [0.15, 0.2) is 0 Å². The number of benzene rings is 3. The summed E-state index contributed by atoms with van der Waals surface area (Å²) in [4.78, 5) is 27.5. The molecule has 1 fully saturated rings. The molecule has 0 aromatic heterocycles. The van der Waals surface area contributed by atoms with Crippen molar-refractivity contribution in [1.29, 1.82) is 0 Å². The third kappa shape index (κ3) is 3.33. The Labute approximate surface area is 178 Å². The van der Waals surface area contributed by atoms with Crippen LogP contribution in [0, 0.1) is 0 Å². The Hall–Kier alpha value is -3.57. The molecule has 1 unspecified atom stereocenters. The van der Waals surface area contributed by atoms with Gasteiger partial charge in [0, 0.05) is 10.7 Å². The number of aliphatic hydroxyl groups is 1. The number of amides is 1. The number of hydrogen-bond donors (Lipinski definition) is 1. The van der Waals surface area contributed by atoms with E-state index in [-0.39, 0.29) is 11.3 Å². The lowest BCUT2D eigenvalue weighted by Crippen LogP contribution is -2.29. The molecule has 1 N–H and O–H groups in total. The molecule has 0 spiro atoms. The summed E-state index contributed by atoms with van der Waals surface area (Å²) in [5.41, 5.74) is 1.49. The smallest absolute Gasteiger partial charge is 0.300 e. The van der Waals surface area contributed by atoms with Gasteiger partial charge >= 0.3 is 0 Å². The van der Waals surface area contributed by atoms with Gasteiger partial charge in [-0.15, -0.1) is 0 Å². The molecule has 0 radical (unpaired) electrons. The Balaban J connectivity index is 1.97. The average Bonchev–Trinajstić information content (AvgIpc) is 3.04. The molecule has 5 nitrogen and oxygen atoms in total. The van der Waals surface area contributed by atoms with Gasteiger partial charge in [0.2, 0.25) is 0 Å². The fraction of sp³-hybridized carbons (Fsp3) is 0.0833. The van der Waals surface area contributed by atoms with E-state index in [1.54, 1.807) is 48.5 Å². The maximum atomic E-state index is 13.1. The second kappa shape index (κ2) is 8.05. The van der Waals surface area contributed by atoms with E-state index in [0.717, 1.165) is 0 Å². The van der Waals surface area contributed by atoms with Gasteiger partial charge in [-0.1, -0.05) is 60.1 Å². The molecule has 3 aromatic carbocycles. The molecule has 6 heteroatoms. The summed E-state index contributed by atoms with van der Waals surface area (Å²) in [7, 11) is 1.48. The SMILES string of the molecule is COc1ccccc1/C(O)=C1\C(=O)C(=O)N(c2cccc(Cl)c2)C1c1ccccc1. The van der Waals surface area contributed by atoms with Crippen LogP contribution >= 0.6 is 11.6 Å². The highest BCUT2D eigenvalue weighted by Gasteiger charge is 2.47. The molecular formula is C24H18ClNO4. The van der Waals surface area contributed by atoms with E-state index in [2.05, 4.69) is 0 Å². The second-order valence-electron chi connectivity index (χ2n) is 6.76. The van der Waals surface area contributed by atoms with Crippen molar-refractivity contribution >= 4 is 34.7 Å². The largest absolute Gasteiger partial charge is 0.507 e. The van der Waals surface area contributed by atoms with Crippen molar-refractivity contribution in [2.75, 3.05) is 12.0 Å². The zero-order chi connectivity index (χ0) is 21.3. The Kier molecular flexibility index (Phi) is 5.29. The number of methoxy groups -OCH3 is 1. The number of anilines is 1. The number of para-hydroxylation sites is 1. The minimum Gasteiger partial charge on any atom is -0.507 e. The number of hydrogen-bond acceptors (Lipinski definition) is 4. The predicted molar refractivity (Wildman–Crippen MR) is 116 cm³/mol. The highest BCUT2D eigenvalue weighted by molar-refractivity contribution is 6.51. The lowest BCUT2D eigenvalue weighted by molar-refractivity contribution is -0.132. The van der Waals surface area contributed by atoms with Crippen LogP contribution in [0.25, 0.3) is 5.76 Å². The summed E-state index contributed by atoms with van der Waals surface area (Å²) in [6.07, 6.45) is 0. The standard InChI is InChI=1S/C24H18ClNO4/c1-30-19-13-6-5-12-18(19)22(27)20-21(15-8-3-2-4-9-15)26(24(29)23(20)28)17-11-7-10-16(25)14-17/h2-14,21,27H,1H3/b22-20+. The van der Waals surface area contributed by atoms with Crippen molar-refractivity contribution in [2.24, 2.45) is 0 Å². The molecule has 0 bridgehead atoms. The maximum Gasteiger partial charge on any atom is 0.300 e. The first-order chi connectivity index (χ1) is 14.5. The summed E-state index contributed by atoms with van der Waals surface area (Å²) < 4.78 is 5.33. The number of carbonyl (C=O) groups excluding carboxylic acids is 2. The van der Waals surface area contributed by atoms with E-state index in [0.29, 0.717) is 27.6 Å². The van der Waals surface area contributed by atoms with E-state index < -0.39 is 17.7 Å². The van der Waals surface area contributed by atoms with Gasteiger partial charge in [-0.3, -0.25) is 14.5 Å². The quantitative estimate of drug-likeness (QED) is 0.368. The van der Waals surface area contributed by atoms with Gasteiger partial charge in [0.1, 0.15) is 11.5 Å². The number of halogens is 1. The van der Waals surface area contributed by atoms with E-state index in [1.165, 1.54) is 12.0 Å². The zero-order valence-electron chi connectivity index (χ0n) is 16.1. The third-order valence-corrected chi connectivity index (χ3v) is 5.24. The number of Topliss-reactive ketones (excluding diaryl/α,β-unsaturated/α-hetero) is 1. The Morgan fingerprint density at radius 3 is 2.37 bits per heavy atom. The van der Waals surface area contributed by atoms with Gasteiger partial charge < -0.3 is 9.84 Å². The van der Waals surface area contributed by atoms with Gasteiger partial charge in [0.25, 0.3) is 11.7 Å². The van der Waals surface area contributed by atoms with Crippen molar-refractivity contribution in [3.05, 3.63) is 101 Å². The molecule has 1 aliphatic heterocycles. The summed E-state index contributed by atoms with van der Waals surface area (Å²) >= 11 is 6.13. The summed E-state index contributed by atoms with van der Waals surface area (Å²) in [6.45, 7) is 0. The first-order valence-corrected chi connectivity index (χ1v) is 9.65. The first kappa shape index (κ1) is 19.7. The Morgan fingerprint density at radius 1 is 0.967 bits per heavy atom. The monoisotopic (exact) mass is 419 g/mol. The number of nitrogens with zero attached hydrogens (tertiary/aromatic N) is 1. The zero-order valence-corrected chi connectivity index (χ0v) is 16.8. The summed E-state index contributed by atoms with van der Waals surface area (Å²) in [5, 5.41) is 11.6. The number of aliphatic hydroxyl groups excluding tert-OH is 1. The number of carbonyl (C=O) groups is 2.